The van der Waals surface area contributed by atoms with Gasteiger partial charge < -0.3 is 26.4 Å². The highest BCUT2D eigenvalue weighted by atomic mass is 16.4. The third-order valence-electron chi connectivity index (χ3n) is 3.20. The van der Waals surface area contributed by atoms with Crippen molar-refractivity contribution in [2.45, 2.75) is 31.8 Å². The van der Waals surface area contributed by atoms with Crippen LogP contribution in [-0.4, -0.2) is 65.4 Å². The summed E-state index contributed by atoms with van der Waals surface area (Å²) in [6, 6.07) is -1.69. The summed E-state index contributed by atoms with van der Waals surface area (Å²) in [5.74, 6) is -2.51. The molecular formula is C12H20N4O5. The summed E-state index contributed by atoms with van der Waals surface area (Å²) in [7, 11) is 0. The maximum atomic E-state index is 12.1. The predicted octanol–water partition coefficient (Wildman–Crippen LogP) is -2.36. The van der Waals surface area contributed by atoms with Gasteiger partial charge in [-0.15, -0.1) is 0 Å². The molecule has 0 unspecified atom stereocenters. The lowest BCUT2D eigenvalue weighted by atomic mass is 10.2. The second-order valence-corrected chi connectivity index (χ2v) is 4.80. The first-order valence-corrected chi connectivity index (χ1v) is 6.66. The minimum absolute atomic E-state index is 0.226. The van der Waals surface area contributed by atoms with E-state index in [2.05, 4.69) is 10.6 Å². The second kappa shape index (κ2) is 7.58. The molecule has 0 bridgehead atoms. The minimum Gasteiger partial charge on any atom is -0.480 e. The first-order chi connectivity index (χ1) is 9.86. The molecule has 0 radical (unpaired) electrons. The van der Waals surface area contributed by atoms with Crippen molar-refractivity contribution in [2.75, 3.05) is 19.6 Å². The Labute approximate surface area is 121 Å². The van der Waals surface area contributed by atoms with E-state index in [0.29, 0.717) is 19.4 Å². The van der Waals surface area contributed by atoms with Crippen molar-refractivity contribution in [3.05, 3.63) is 0 Å². The molecule has 5 N–H and O–H groups in total. The number of carboxylic acid groups (broad SMARTS) is 1. The Hall–Kier alpha value is -2.16. The van der Waals surface area contributed by atoms with E-state index in [0.717, 1.165) is 0 Å². The Morgan fingerprint density at radius 1 is 1.33 bits per heavy atom. The first kappa shape index (κ1) is 16.9. The summed E-state index contributed by atoms with van der Waals surface area (Å²) in [4.78, 5) is 46.9. The van der Waals surface area contributed by atoms with Crippen LogP contribution in [0.1, 0.15) is 19.8 Å². The fourth-order valence-electron chi connectivity index (χ4n) is 2.14. The van der Waals surface area contributed by atoms with Gasteiger partial charge in [0, 0.05) is 6.54 Å². The van der Waals surface area contributed by atoms with Crippen molar-refractivity contribution in [1.82, 2.24) is 15.5 Å². The number of carbonyl (C=O) groups is 4. The standard InChI is InChI=1S/C12H20N4O5/c1-7(15-10(18)6-14-9(17)5-13)11(19)16-4-2-3-8(16)12(20)21/h7-8H,2-6,13H2,1H3,(H,14,17)(H,15,18)(H,20,21)/t7-,8-/m0/s1. The van der Waals surface area contributed by atoms with E-state index < -0.39 is 35.8 Å². The van der Waals surface area contributed by atoms with E-state index >= 15 is 0 Å². The number of nitrogens with one attached hydrogen (secondary N) is 2. The van der Waals surface area contributed by atoms with E-state index in [1.807, 2.05) is 0 Å². The molecule has 3 amide bonds. The van der Waals surface area contributed by atoms with E-state index in [9.17, 15) is 19.2 Å². The molecule has 1 aliphatic heterocycles. The Morgan fingerprint density at radius 2 is 2.00 bits per heavy atom. The van der Waals surface area contributed by atoms with Gasteiger partial charge in [0.1, 0.15) is 12.1 Å². The van der Waals surface area contributed by atoms with Gasteiger partial charge in [-0.25, -0.2) is 4.79 Å². The van der Waals surface area contributed by atoms with Gasteiger partial charge in [0.05, 0.1) is 13.1 Å². The number of hydrogen-bond acceptors (Lipinski definition) is 5. The fourth-order valence-corrected chi connectivity index (χ4v) is 2.14. The van der Waals surface area contributed by atoms with Crippen molar-refractivity contribution in [3.8, 4) is 0 Å². The lowest BCUT2D eigenvalue weighted by Crippen LogP contribution is -2.52. The molecule has 1 fully saturated rings. The van der Waals surface area contributed by atoms with E-state index in [-0.39, 0.29) is 13.1 Å². The molecule has 9 heteroatoms. The highest BCUT2D eigenvalue weighted by molar-refractivity contribution is 5.92. The van der Waals surface area contributed by atoms with Crippen LogP contribution in [0.15, 0.2) is 0 Å². The van der Waals surface area contributed by atoms with Crippen LogP contribution >= 0.6 is 0 Å². The van der Waals surface area contributed by atoms with Crippen molar-refractivity contribution in [2.24, 2.45) is 5.73 Å². The summed E-state index contributed by atoms with van der Waals surface area (Å²) in [5.41, 5.74) is 5.07. The molecule has 21 heavy (non-hydrogen) atoms. The van der Waals surface area contributed by atoms with Crippen LogP contribution < -0.4 is 16.4 Å². The summed E-state index contributed by atoms with van der Waals surface area (Å²) in [6.07, 6.45) is 1.03. The number of nitrogens with two attached hydrogens (primary N) is 1. The zero-order chi connectivity index (χ0) is 16.0. The van der Waals surface area contributed by atoms with Crippen LogP contribution in [0.2, 0.25) is 0 Å². The Bertz CT molecular complexity index is 439. The molecule has 1 saturated heterocycles. The molecule has 0 aromatic heterocycles. The normalized spacial score (nSPS) is 19.0. The topological polar surface area (TPSA) is 142 Å². The maximum absolute atomic E-state index is 12.1. The molecule has 0 aromatic carbocycles. The highest BCUT2D eigenvalue weighted by Gasteiger charge is 2.36. The van der Waals surface area contributed by atoms with Gasteiger partial charge in [-0.1, -0.05) is 0 Å². The van der Waals surface area contributed by atoms with Gasteiger partial charge in [-0.2, -0.15) is 0 Å². The van der Waals surface area contributed by atoms with Gasteiger partial charge in [0.15, 0.2) is 0 Å². The third kappa shape index (κ3) is 4.71. The molecule has 0 aromatic rings. The van der Waals surface area contributed by atoms with Crippen LogP contribution in [0.25, 0.3) is 0 Å². The number of rotatable bonds is 6. The Kier molecular flexibility index (Phi) is 6.10. The van der Waals surface area contributed by atoms with Crippen LogP contribution in [0.4, 0.5) is 0 Å². The van der Waals surface area contributed by atoms with Crippen LogP contribution in [0.3, 0.4) is 0 Å². The molecule has 2 atom stereocenters. The predicted molar refractivity (Wildman–Crippen MR) is 72.0 cm³/mol. The molecule has 0 spiro atoms. The quantitative estimate of drug-likeness (QED) is 0.432. The van der Waals surface area contributed by atoms with Gasteiger partial charge in [0.2, 0.25) is 17.7 Å². The van der Waals surface area contributed by atoms with E-state index in [1.54, 1.807) is 0 Å². The van der Waals surface area contributed by atoms with Gasteiger partial charge >= 0.3 is 5.97 Å². The van der Waals surface area contributed by atoms with Gasteiger partial charge in [-0.3, -0.25) is 14.4 Å². The summed E-state index contributed by atoms with van der Waals surface area (Å²) in [6.45, 7) is 1.33. The lowest BCUT2D eigenvalue weighted by molar-refractivity contribution is -0.149. The average molecular weight is 300 g/mol. The maximum Gasteiger partial charge on any atom is 0.326 e. The lowest BCUT2D eigenvalue weighted by Gasteiger charge is -2.25. The molecule has 0 aliphatic carbocycles. The van der Waals surface area contributed by atoms with Crippen molar-refractivity contribution >= 4 is 23.7 Å². The summed E-state index contributed by atoms with van der Waals surface area (Å²) >= 11 is 0. The smallest absolute Gasteiger partial charge is 0.326 e. The average Bonchev–Trinajstić information content (AvgIpc) is 2.93. The minimum atomic E-state index is -1.05. The van der Waals surface area contributed by atoms with Gasteiger partial charge in [-0.05, 0) is 19.8 Å². The number of nitrogens with zero attached hydrogens (tertiary/aromatic N) is 1. The summed E-state index contributed by atoms with van der Waals surface area (Å²) in [5, 5.41) is 13.7. The number of carboxylic acids is 1. The Balaban J connectivity index is 2.49. The first-order valence-electron chi connectivity index (χ1n) is 6.66. The SMILES string of the molecule is C[C@H](NC(=O)CNC(=O)CN)C(=O)N1CCC[C@H]1C(=O)O. The van der Waals surface area contributed by atoms with E-state index in [4.69, 9.17) is 10.8 Å². The van der Waals surface area contributed by atoms with Crippen molar-refractivity contribution in [3.63, 3.8) is 0 Å². The number of amides is 3. The zero-order valence-electron chi connectivity index (χ0n) is 11.8. The van der Waals surface area contributed by atoms with Crippen LogP contribution in [0, 0.1) is 0 Å². The third-order valence-corrected chi connectivity index (χ3v) is 3.20. The van der Waals surface area contributed by atoms with Crippen molar-refractivity contribution in [1.29, 1.82) is 0 Å². The molecule has 1 rings (SSSR count). The second-order valence-electron chi connectivity index (χ2n) is 4.80. The Morgan fingerprint density at radius 3 is 2.57 bits per heavy atom. The molecule has 0 saturated carbocycles. The fraction of sp³-hybridized carbons (Fsp3) is 0.667. The van der Waals surface area contributed by atoms with E-state index in [1.165, 1.54) is 11.8 Å². The molecular weight excluding hydrogens is 280 g/mol. The summed E-state index contributed by atoms with van der Waals surface area (Å²) < 4.78 is 0. The number of aliphatic carboxylic acids is 1. The zero-order valence-corrected chi connectivity index (χ0v) is 11.8. The molecule has 9 nitrogen and oxygen atoms in total. The van der Waals surface area contributed by atoms with Crippen LogP contribution in [-0.2, 0) is 19.2 Å². The molecule has 1 heterocycles. The van der Waals surface area contributed by atoms with Gasteiger partial charge in [0.25, 0.3) is 0 Å². The largest absolute Gasteiger partial charge is 0.480 e. The number of likely N-dealkylation sites (tertiary alicyclic amines) is 1. The number of carbonyl (C=O) groups excluding carboxylic acids is 3. The number of hydrogen-bond donors (Lipinski definition) is 4. The highest BCUT2D eigenvalue weighted by Crippen LogP contribution is 2.18. The molecule has 1 aliphatic rings. The monoisotopic (exact) mass is 300 g/mol. The van der Waals surface area contributed by atoms with Crippen molar-refractivity contribution < 1.29 is 24.3 Å². The van der Waals surface area contributed by atoms with Crippen LogP contribution in [0.5, 0.6) is 0 Å². The molecule has 118 valence electrons.